The number of carbonyl (C=O) groups excluding carboxylic acids is 1. The summed E-state index contributed by atoms with van der Waals surface area (Å²) in [6, 6.07) is 14.0. The fourth-order valence-corrected chi connectivity index (χ4v) is 3.65. The van der Waals surface area contributed by atoms with Crippen molar-refractivity contribution in [2.45, 2.75) is 46.1 Å². The number of piperidine rings is 1. The molecule has 1 fully saturated rings. The molecule has 4 rings (SSSR count). The predicted molar refractivity (Wildman–Crippen MR) is 124 cm³/mol. The van der Waals surface area contributed by atoms with Crippen LogP contribution in [0, 0.1) is 0 Å². The number of benzene rings is 1. The molecule has 3 aromatic rings. The Balaban J connectivity index is 0.00000124. The molecule has 3 heterocycles. The van der Waals surface area contributed by atoms with Crippen molar-refractivity contribution in [3.05, 3.63) is 59.9 Å². The van der Waals surface area contributed by atoms with Gasteiger partial charge in [-0.3, -0.25) is 9.78 Å². The summed E-state index contributed by atoms with van der Waals surface area (Å²) in [7, 11) is 2.12. The first-order chi connectivity index (χ1) is 14.6. The van der Waals surface area contributed by atoms with E-state index in [4.69, 9.17) is 4.98 Å². The minimum absolute atomic E-state index is 0.00494. The highest BCUT2D eigenvalue weighted by atomic mass is 16.1. The first-order valence-corrected chi connectivity index (χ1v) is 11.0. The van der Waals surface area contributed by atoms with Gasteiger partial charge in [-0.05, 0) is 69.7 Å². The van der Waals surface area contributed by atoms with Crippen LogP contribution in [0.2, 0.25) is 0 Å². The third-order valence-corrected chi connectivity index (χ3v) is 5.47. The van der Waals surface area contributed by atoms with E-state index in [1.165, 1.54) is 0 Å². The number of aryl methyl sites for hydroxylation is 1. The first-order valence-electron chi connectivity index (χ1n) is 11.0. The maximum absolute atomic E-state index is 12.7. The Morgan fingerprint density at radius 3 is 2.63 bits per heavy atom. The van der Waals surface area contributed by atoms with Gasteiger partial charge < -0.3 is 10.2 Å². The number of rotatable bonds is 4. The SMILES string of the molecule is CC.CCc1cc2nc(-c3cccc(C(=O)NC4CCN(C)CC4)c3)ccc2cn1. The van der Waals surface area contributed by atoms with E-state index in [0.717, 1.165) is 60.2 Å². The first kappa shape index (κ1) is 21.9. The number of pyridine rings is 2. The molecule has 0 atom stereocenters. The van der Waals surface area contributed by atoms with Crippen LogP contribution < -0.4 is 5.32 Å². The molecule has 0 bridgehead atoms. The van der Waals surface area contributed by atoms with Crippen LogP contribution >= 0.6 is 0 Å². The van der Waals surface area contributed by atoms with Crippen molar-refractivity contribution in [2.75, 3.05) is 20.1 Å². The second kappa shape index (κ2) is 10.3. The van der Waals surface area contributed by atoms with Crippen LogP contribution in [0.3, 0.4) is 0 Å². The quantitative estimate of drug-likeness (QED) is 0.684. The van der Waals surface area contributed by atoms with Gasteiger partial charge in [-0.2, -0.15) is 0 Å². The van der Waals surface area contributed by atoms with Gasteiger partial charge in [-0.15, -0.1) is 0 Å². The lowest BCUT2D eigenvalue weighted by molar-refractivity contribution is 0.0917. The average molecular weight is 405 g/mol. The van der Waals surface area contributed by atoms with Crippen LogP contribution in [0.5, 0.6) is 0 Å². The maximum atomic E-state index is 12.7. The standard InChI is InChI=1S/C23H26N4O.C2H6/c1-3-19-14-22-18(15-24-19)7-8-21(26-22)16-5-4-6-17(13-16)23(28)25-20-9-11-27(2)12-10-20;1-2/h4-8,13-15,20H,3,9-12H2,1-2H3,(H,25,28);1-2H3. The van der Waals surface area contributed by atoms with E-state index >= 15 is 0 Å². The molecule has 1 aromatic carbocycles. The molecule has 0 spiro atoms. The molecule has 1 amide bonds. The smallest absolute Gasteiger partial charge is 0.251 e. The van der Waals surface area contributed by atoms with Crippen molar-refractivity contribution in [1.29, 1.82) is 0 Å². The monoisotopic (exact) mass is 404 g/mol. The number of amides is 1. The van der Waals surface area contributed by atoms with E-state index in [0.29, 0.717) is 5.56 Å². The van der Waals surface area contributed by atoms with Gasteiger partial charge in [-0.1, -0.05) is 32.9 Å². The Morgan fingerprint density at radius 1 is 1.13 bits per heavy atom. The van der Waals surface area contributed by atoms with Gasteiger partial charge >= 0.3 is 0 Å². The van der Waals surface area contributed by atoms with E-state index in [9.17, 15) is 4.79 Å². The van der Waals surface area contributed by atoms with Gasteiger partial charge in [0.25, 0.3) is 5.91 Å². The largest absolute Gasteiger partial charge is 0.349 e. The van der Waals surface area contributed by atoms with Crippen LogP contribution in [0.1, 0.15) is 49.7 Å². The third-order valence-electron chi connectivity index (χ3n) is 5.47. The Labute approximate surface area is 179 Å². The van der Waals surface area contributed by atoms with Gasteiger partial charge in [0, 0.05) is 34.4 Å². The van der Waals surface area contributed by atoms with Gasteiger partial charge in [0.15, 0.2) is 0 Å². The van der Waals surface area contributed by atoms with E-state index in [1.807, 2.05) is 62.5 Å². The summed E-state index contributed by atoms with van der Waals surface area (Å²) >= 11 is 0. The van der Waals surface area contributed by atoms with Crippen LogP contribution in [0.25, 0.3) is 22.2 Å². The fourth-order valence-electron chi connectivity index (χ4n) is 3.65. The normalized spacial score (nSPS) is 14.8. The van der Waals surface area contributed by atoms with Crippen molar-refractivity contribution in [3.8, 4) is 11.3 Å². The number of nitrogens with zero attached hydrogens (tertiary/aromatic N) is 3. The summed E-state index contributed by atoms with van der Waals surface area (Å²) in [5.41, 5.74) is 4.47. The van der Waals surface area contributed by atoms with Crippen LogP contribution in [0.4, 0.5) is 0 Å². The lowest BCUT2D eigenvalue weighted by atomic mass is 10.0. The molecule has 1 aliphatic heterocycles. The minimum atomic E-state index is -0.00494. The molecule has 158 valence electrons. The van der Waals surface area contributed by atoms with E-state index < -0.39 is 0 Å². The zero-order valence-electron chi connectivity index (χ0n) is 18.5. The number of fused-ring (bicyclic) bond motifs is 1. The summed E-state index contributed by atoms with van der Waals surface area (Å²) in [5.74, 6) is -0.00494. The van der Waals surface area contributed by atoms with Gasteiger partial charge in [0.2, 0.25) is 0 Å². The third kappa shape index (κ3) is 5.22. The van der Waals surface area contributed by atoms with Crippen LogP contribution in [-0.2, 0) is 6.42 Å². The maximum Gasteiger partial charge on any atom is 0.251 e. The van der Waals surface area contributed by atoms with Crippen molar-refractivity contribution in [2.24, 2.45) is 0 Å². The molecule has 2 aromatic heterocycles. The molecule has 1 N–H and O–H groups in total. The van der Waals surface area contributed by atoms with Gasteiger partial charge in [-0.25, -0.2) is 4.98 Å². The highest BCUT2D eigenvalue weighted by Crippen LogP contribution is 2.22. The zero-order chi connectivity index (χ0) is 21.5. The molecule has 0 unspecified atom stereocenters. The summed E-state index contributed by atoms with van der Waals surface area (Å²) in [6.07, 6.45) is 4.76. The number of nitrogens with one attached hydrogen (secondary N) is 1. The molecular weight excluding hydrogens is 372 g/mol. The van der Waals surface area contributed by atoms with Crippen molar-refractivity contribution >= 4 is 16.8 Å². The lowest BCUT2D eigenvalue weighted by Crippen LogP contribution is -2.43. The molecule has 1 aliphatic rings. The highest BCUT2D eigenvalue weighted by molar-refractivity contribution is 5.95. The van der Waals surface area contributed by atoms with Crippen molar-refractivity contribution in [3.63, 3.8) is 0 Å². The molecule has 0 saturated carbocycles. The fraction of sp³-hybridized carbons (Fsp3) is 0.400. The van der Waals surface area contributed by atoms with Crippen LogP contribution in [0.15, 0.2) is 48.7 Å². The Kier molecular flexibility index (Phi) is 7.52. The van der Waals surface area contributed by atoms with E-state index in [1.54, 1.807) is 0 Å². The summed E-state index contributed by atoms with van der Waals surface area (Å²) in [6.45, 7) is 8.14. The lowest BCUT2D eigenvalue weighted by Gasteiger charge is -2.29. The summed E-state index contributed by atoms with van der Waals surface area (Å²) < 4.78 is 0. The molecule has 0 aliphatic carbocycles. The van der Waals surface area contributed by atoms with Crippen molar-refractivity contribution < 1.29 is 4.79 Å². The highest BCUT2D eigenvalue weighted by Gasteiger charge is 2.19. The number of carbonyl (C=O) groups is 1. The Hall–Kier alpha value is -2.79. The van der Waals surface area contributed by atoms with Crippen molar-refractivity contribution in [1.82, 2.24) is 20.2 Å². The molecule has 30 heavy (non-hydrogen) atoms. The van der Waals surface area contributed by atoms with Gasteiger partial charge in [0.05, 0.1) is 11.2 Å². The zero-order valence-corrected chi connectivity index (χ0v) is 18.5. The van der Waals surface area contributed by atoms with Crippen LogP contribution in [-0.4, -0.2) is 47.0 Å². The summed E-state index contributed by atoms with van der Waals surface area (Å²) in [5, 5.41) is 4.21. The minimum Gasteiger partial charge on any atom is -0.349 e. The van der Waals surface area contributed by atoms with E-state index in [-0.39, 0.29) is 11.9 Å². The number of aromatic nitrogens is 2. The molecule has 5 nitrogen and oxygen atoms in total. The Bertz CT molecular complexity index is 993. The topological polar surface area (TPSA) is 58.1 Å². The summed E-state index contributed by atoms with van der Waals surface area (Å²) in [4.78, 5) is 24.3. The second-order valence-corrected chi connectivity index (χ2v) is 7.55. The molecule has 0 radical (unpaired) electrons. The number of likely N-dealkylation sites (tertiary alicyclic amines) is 1. The number of hydrogen-bond acceptors (Lipinski definition) is 4. The van der Waals surface area contributed by atoms with Gasteiger partial charge in [0.1, 0.15) is 0 Å². The predicted octanol–water partition coefficient (Wildman–Crippen LogP) is 4.71. The molecule has 5 heteroatoms. The second-order valence-electron chi connectivity index (χ2n) is 7.55. The average Bonchev–Trinajstić information content (AvgIpc) is 2.81. The Morgan fingerprint density at radius 2 is 1.90 bits per heavy atom. The molecular formula is C25H32N4O. The number of hydrogen-bond donors (Lipinski definition) is 1. The van der Waals surface area contributed by atoms with E-state index in [2.05, 4.69) is 29.2 Å². The molecule has 1 saturated heterocycles.